The fraction of sp³-hybridized carbons (Fsp3) is 0.143. The lowest BCUT2D eigenvalue weighted by Gasteiger charge is -2.03. The molecule has 0 radical (unpaired) electrons. The molecule has 98 valence electrons. The number of nitrogens with one attached hydrogen (secondary N) is 1. The van der Waals surface area contributed by atoms with Gasteiger partial charge in [0.1, 0.15) is 17.2 Å². The smallest absolute Gasteiger partial charge is 0.271 e. The summed E-state index contributed by atoms with van der Waals surface area (Å²) in [5.41, 5.74) is 3.55. The van der Waals surface area contributed by atoms with Crippen LogP contribution in [0.15, 0.2) is 52.2 Å². The molecule has 0 atom stereocenters. The summed E-state index contributed by atoms with van der Waals surface area (Å²) in [6.45, 7) is 1.75. The predicted molar refractivity (Wildman–Crippen MR) is 71.4 cm³/mol. The summed E-state index contributed by atoms with van der Waals surface area (Å²) in [5, 5.41) is 3.98. The maximum absolute atomic E-state index is 11.9. The molecule has 0 aliphatic carbocycles. The highest BCUT2D eigenvalue weighted by molar-refractivity contribution is 5.99. The van der Waals surface area contributed by atoms with Crippen LogP contribution < -0.4 is 10.2 Å². The number of nitrogens with zero attached hydrogens (tertiary/aromatic N) is 1. The molecule has 19 heavy (non-hydrogen) atoms. The highest BCUT2D eigenvalue weighted by Gasteiger charge is 2.06. The lowest BCUT2D eigenvalue weighted by molar-refractivity contribution is 0.0954. The first kappa shape index (κ1) is 12.9. The van der Waals surface area contributed by atoms with E-state index in [1.165, 1.54) is 0 Å². The first-order valence-corrected chi connectivity index (χ1v) is 5.73. The Morgan fingerprint density at radius 2 is 2.16 bits per heavy atom. The number of ether oxygens (including phenoxy) is 1. The monoisotopic (exact) mass is 258 g/mol. The van der Waals surface area contributed by atoms with Crippen LogP contribution in [0.4, 0.5) is 0 Å². The van der Waals surface area contributed by atoms with Crippen molar-refractivity contribution >= 4 is 11.6 Å². The van der Waals surface area contributed by atoms with Crippen molar-refractivity contribution in [2.75, 3.05) is 7.11 Å². The Morgan fingerprint density at radius 3 is 2.84 bits per heavy atom. The summed E-state index contributed by atoms with van der Waals surface area (Å²) in [7, 11) is 1.55. The van der Waals surface area contributed by atoms with Crippen LogP contribution in [-0.4, -0.2) is 18.7 Å². The first-order valence-electron chi connectivity index (χ1n) is 5.73. The van der Waals surface area contributed by atoms with Gasteiger partial charge in [0.25, 0.3) is 5.91 Å². The van der Waals surface area contributed by atoms with Gasteiger partial charge in [-0.05, 0) is 37.3 Å². The van der Waals surface area contributed by atoms with Crippen molar-refractivity contribution in [1.82, 2.24) is 5.43 Å². The lowest BCUT2D eigenvalue weighted by atomic mass is 10.2. The fourth-order valence-corrected chi connectivity index (χ4v) is 1.50. The van der Waals surface area contributed by atoms with Gasteiger partial charge in [0.15, 0.2) is 0 Å². The van der Waals surface area contributed by atoms with Crippen molar-refractivity contribution in [2.24, 2.45) is 5.10 Å². The molecule has 0 unspecified atom stereocenters. The van der Waals surface area contributed by atoms with Gasteiger partial charge in [-0.1, -0.05) is 6.07 Å². The van der Waals surface area contributed by atoms with E-state index in [1.54, 1.807) is 56.7 Å². The van der Waals surface area contributed by atoms with Gasteiger partial charge >= 0.3 is 0 Å². The average Bonchev–Trinajstić information content (AvgIpc) is 2.98. The van der Waals surface area contributed by atoms with E-state index in [4.69, 9.17) is 9.15 Å². The fourth-order valence-electron chi connectivity index (χ4n) is 1.50. The van der Waals surface area contributed by atoms with Crippen molar-refractivity contribution in [3.8, 4) is 5.75 Å². The first-order chi connectivity index (χ1) is 9.20. The standard InChI is InChI=1S/C14H14N2O3/c1-10(13-7-4-8-19-13)15-16-14(17)11-5-3-6-12(9-11)18-2/h3-9H,1-2H3,(H,16,17)/b15-10+. The molecular formula is C14H14N2O3. The zero-order chi connectivity index (χ0) is 13.7. The van der Waals surface area contributed by atoms with Crippen LogP contribution in [0.3, 0.4) is 0 Å². The van der Waals surface area contributed by atoms with Crippen LogP contribution in [0.25, 0.3) is 0 Å². The Balaban J connectivity index is 2.07. The molecule has 1 heterocycles. The Morgan fingerprint density at radius 1 is 1.32 bits per heavy atom. The van der Waals surface area contributed by atoms with Gasteiger partial charge in [0, 0.05) is 5.56 Å². The van der Waals surface area contributed by atoms with Crippen LogP contribution in [0.2, 0.25) is 0 Å². The average molecular weight is 258 g/mol. The molecule has 0 saturated carbocycles. The van der Waals surface area contributed by atoms with E-state index in [9.17, 15) is 4.79 Å². The minimum Gasteiger partial charge on any atom is -0.497 e. The normalized spacial score (nSPS) is 11.2. The van der Waals surface area contributed by atoms with Gasteiger partial charge in [-0.2, -0.15) is 5.10 Å². The lowest BCUT2D eigenvalue weighted by Crippen LogP contribution is -2.19. The van der Waals surface area contributed by atoms with Gasteiger partial charge in [-0.3, -0.25) is 4.79 Å². The number of carbonyl (C=O) groups is 1. The Kier molecular flexibility index (Phi) is 3.97. The van der Waals surface area contributed by atoms with Crippen molar-refractivity contribution in [1.29, 1.82) is 0 Å². The molecule has 1 N–H and O–H groups in total. The second-order valence-electron chi connectivity index (χ2n) is 3.85. The van der Waals surface area contributed by atoms with E-state index in [1.807, 2.05) is 0 Å². The quantitative estimate of drug-likeness (QED) is 0.676. The van der Waals surface area contributed by atoms with Gasteiger partial charge in [0.2, 0.25) is 0 Å². The predicted octanol–water partition coefficient (Wildman–Crippen LogP) is 2.44. The molecule has 0 aliphatic rings. The summed E-state index contributed by atoms with van der Waals surface area (Å²) in [5.74, 6) is 0.940. The number of hydrogen-bond acceptors (Lipinski definition) is 4. The molecule has 2 aromatic rings. The van der Waals surface area contributed by atoms with Gasteiger partial charge in [-0.25, -0.2) is 5.43 Å². The van der Waals surface area contributed by atoms with Crippen LogP contribution >= 0.6 is 0 Å². The number of furan rings is 1. The third-order valence-electron chi connectivity index (χ3n) is 2.53. The maximum atomic E-state index is 11.9. The minimum atomic E-state index is -0.301. The second-order valence-corrected chi connectivity index (χ2v) is 3.85. The molecule has 5 nitrogen and oxygen atoms in total. The zero-order valence-corrected chi connectivity index (χ0v) is 10.7. The molecule has 5 heteroatoms. The SMILES string of the molecule is COc1cccc(C(=O)N/N=C(\C)c2ccco2)c1. The number of methoxy groups -OCH3 is 1. The molecule has 0 spiro atoms. The summed E-state index contributed by atoms with van der Waals surface area (Å²) in [6, 6.07) is 10.4. The summed E-state index contributed by atoms with van der Waals surface area (Å²) in [6.07, 6.45) is 1.55. The van der Waals surface area contributed by atoms with Crippen LogP contribution in [0, 0.1) is 0 Å². The Hall–Kier alpha value is -2.56. The van der Waals surface area contributed by atoms with Crippen molar-refractivity contribution in [3.05, 3.63) is 54.0 Å². The molecule has 0 fully saturated rings. The number of hydrogen-bond donors (Lipinski definition) is 1. The third-order valence-corrected chi connectivity index (χ3v) is 2.53. The van der Waals surface area contributed by atoms with Gasteiger partial charge in [0.05, 0.1) is 13.4 Å². The maximum Gasteiger partial charge on any atom is 0.271 e. The molecule has 1 amide bonds. The summed E-state index contributed by atoms with van der Waals surface area (Å²) in [4.78, 5) is 11.9. The number of benzene rings is 1. The molecule has 0 bridgehead atoms. The van der Waals surface area contributed by atoms with Crippen LogP contribution in [0.5, 0.6) is 5.75 Å². The zero-order valence-electron chi connectivity index (χ0n) is 10.7. The largest absolute Gasteiger partial charge is 0.497 e. The summed E-state index contributed by atoms with van der Waals surface area (Å²) < 4.78 is 10.2. The van der Waals surface area contributed by atoms with E-state index in [0.29, 0.717) is 22.8 Å². The number of amides is 1. The Labute approximate surface area is 110 Å². The highest BCUT2D eigenvalue weighted by Crippen LogP contribution is 2.12. The molecule has 0 aliphatic heterocycles. The van der Waals surface area contributed by atoms with Crippen molar-refractivity contribution in [2.45, 2.75) is 6.92 Å². The molecule has 0 saturated heterocycles. The molecular weight excluding hydrogens is 244 g/mol. The topological polar surface area (TPSA) is 63.8 Å². The number of carbonyl (C=O) groups excluding carboxylic acids is 1. The van der Waals surface area contributed by atoms with E-state index >= 15 is 0 Å². The van der Waals surface area contributed by atoms with E-state index < -0.39 is 0 Å². The molecule has 1 aromatic carbocycles. The summed E-state index contributed by atoms with van der Waals surface area (Å²) >= 11 is 0. The third kappa shape index (κ3) is 3.22. The van der Waals surface area contributed by atoms with E-state index in [-0.39, 0.29) is 5.91 Å². The second kappa shape index (κ2) is 5.86. The van der Waals surface area contributed by atoms with Crippen LogP contribution in [0.1, 0.15) is 23.0 Å². The molecule has 1 aromatic heterocycles. The number of rotatable bonds is 4. The van der Waals surface area contributed by atoms with Crippen LogP contribution in [-0.2, 0) is 0 Å². The van der Waals surface area contributed by atoms with Crippen molar-refractivity contribution < 1.29 is 13.9 Å². The van der Waals surface area contributed by atoms with Gasteiger partial charge < -0.3 is 9.15 Å². The number of hydrazone groups is 1. The molecule has 2 rings (SSSR count). The van der Waals surface area contributed by atoms with E-state index in [0.717, 1.165) is 0 Å². The van der Waals surface area contributed by atoms with Crippen molar-refractivity contribution in [3.63, 3.8) is 0 Å². The Bertz CT molecular complexity index is 588. The highest BCUT2D eigenvalue weighted by atomic mass is 16.5. The minimum absolute atomic E-state index is 0.301. The van der Waals surface area contributed by atoms with Gasteiger partial charge in [-0.15, -0.1) is 0 Å². The van der Waals surface area contributed by atoms with E-state index in [2.05, 4.69) is 10.5 Å².